The summed E-state index contributed by atoms with van der Waals surface area (Å²) in [7, 11) is 0. The van der Waals surface area contributed by atoms with E-state index in [4.69, 9.17) is 0 Å². The van der Waals surface area contributed by atoms with Gasteiger partial charge in [0.05, 0.1) is 4.92 Å². The van der Waals surface area contributed by atoms with E-state index in [-0.39, 0.29) is 57.1 Å². The molecule has 0 N–H and O–H groups in total. The van der Waals surface area contributed by atoms with Gasteiger partial charge in [-0.05, 0) is 12.1 Å². The van der Waals surface area contributed by atoms with Gasteiger partial charge < -0.3 is 0 Å². The Hall–Kier alpha value is 0.606. The molecule has 5 heteroatoms. The second-order valence-electron chi connectivity index (χ2n) is 1.77. The van der Waals surface area contributed by atoms with E-state index in [1.807, 2.05) is 0 Å². The molecular weight excluding hydrogens is 189 g/mol. The number of rotatable bonds is 1. The van der Waals surface area contributed by atoms with Crippen molar-refractivity contribution in [2.75, 3.05) is 0 Å². The van der Waals surface area contributed by atoms with Gasteiger partial charge in [-0.15, -0.1) is 12.6 Å². The fraction of sp³-hybridized carbons (Fsp3) is 0. The van der Waals surface area contributed by atoms with E-state index in [2.05, 4.69) is 12.6 Å². The van der Waals surface area contributed by atoms with Crippen LogP contribution in [0.15, 0.2) is 29.2 Å². The summed E-state index contributed by atoms with van der Waals surface area (Å²) in [6, 6.07) is 6.01. The van der Waals surface area contributed by atoms with Crippen molar-refractivity contribution in [2.45, 2.75) is 4.90 Å². The monoisotopic (exact) mass is 195 g/mol. The number of nitro benzene ring substituents is 1. The van der Waals surface area contributed by atoms with Crippen molar-refractivity contribution in [3.8, 4) is 0 Å². The van der Waals surface area contributed by atoms with Crippen LogP contribution in [0.1, 0.15) is 0 Å². The van der Waals surface area contributed by atoms with Gasteiger partial charge in [-0.1, -0.05) is 0 Å². The molecule has 1 rings (SSSR count). The molecule has 1 aromatic carbocycles. The number of thiol groups is 1. The molecule has 0 aromatic heterocycles. The maximum absolute atomic E-state index is 10.1. The number of hydrogen-bond donors (Lipinski definition) is 1. The Morgan fingerprint density at radius 2 is 1.73 bits per heavy atom. The first kappa shape index (κ1) is 11.6. The van der Waals surface area contributed by atoms with Gasteiger partial charge >= 0.3 is 51.4 Å². The average Bonchev–Trinajstić information content (AvgIpc) is 1.88. The molecule has 0 saturated carbocycles. The van der Waals surface area contributed by atoms with Crippen LogP contribution in [0.4, 0.5) is 5.69 Å². The first-order chi connectivity index (χ1) is 4.70. The van der Waals surface area contributed by atoms with E-state index in [1.165, 1.54) is 12.1 Å². The molecule has 0 fully saturated rings. The molecule has 0 bridgehead atoms. The predicted octanol–water partition coefficient (Wildman–Crippen LogP) is 1.23. The van der Waals surface area contributed by atoms with Crippen molar-refractivity contribution in [1.82, 2.24) is 0 Å². The zero-order valence-electron chi connectivity index (χ0n) is 5.02. The third-order valence-corrected chi connectivity index (χ3v) is 1.36. The van der Waals surface area contributed by atoms with Crippen LogP contribution in [0.25, 0.3) is 0 Å². The Morgan fingerprint density at radius 1 is 1.27 bits per heavy atom. The molecule has 0 saturated heterocycles. The second kappa shape index (κ2) is 5.29. The third kappa shape index (κ3) is 3.68. The molecule has 0 atom stereocenters. The molecule has 0 spiro atoms. The normalized spacial score (nSPS) is 8.45. The first-order valence-electron chi connectivity index (χ1n) is 2.63. The van der Waals surface area contributed by atoms with Gasteiger partial charge in [0.2, 0.25) is 0 Å². The number of nitrogens with zero attached hydrogens (tertiary/aromatic N) is 1. The van der Waals surface area contributed by atoms with Gasteiger partial charge in [0.1, 0.15) is 0 Å². The third-order valence-electron chi connectivity index (χ3n) is 1.06. The average molecular weight is 195 g/mol. The molecular formula is C6H6KNO2S. The fourth-order valence-electron chi connectivity index (χ4n) is 0.574. The van der Waals surface area contributed by atoms with E-state index in [0.717, 1.165) is 4.90 Å². The predicted molar refractivity (Wildman–Crippen MR) is 47.5 cm³/mol. The Balaban J connectivity index is 0.000001000. The Morgan fingerprint density at radius 3 is 2.09 bits per heavy atom. The Bertz CT molecular complexity index is 249. The van der Waals surface area contributed by atoms with E-state index in [0.29, 0.717) is 0 Å². The van der Waals surface area contributed by atoms with E-state index >= 15 is 0 Å². The van der Waals surface area contributed by atoms with Crippen LogP contribution in [0.2, 0.25) is 0 Å². The van der Waals surface area contributed by atoms with Crippen LogP contribution in [-0.4, -0.2) is 56.3 Å². The quantitative estimate of drug-likeness (QED) is 0.317. The number of benzene rings is 1. The van der Waals surface area contributed by atoms with Gasteiger partial charge in [-0.2, -0.15) is 0 Å². The van der Waals surface area contributed by atoms with Crippen molar-refractivity contribution in [1.29, 1.82) is 0 Å². The number of nitro groups is 1. The summed E-state index contributed by atoms with van der Waals surface area (Å²) < 4.78 is 0. The van der Waals surface area contributed by atoms with Crippen molar-refractivity contribution in [2.24, 2.45) is 0 Å². The van der Waals surface area contributed by atoms with Crippen LogP contribution in [0, 0.1) is 10.1 Å². The van der Waals surface area contributed by atoms with Crippen LogP contribution < -0.4 is 0 Å². The van der Waals surface area contributed by atoms with Crippen molar-refractivity contribution < 1.29 is 4.92 Å². The number of hydrogen-bond acceptors (Lipinski definition) is 3. The van der Waals surface area contributed by atoms with E-state index < -0.39 is 4.92 Å². The second-order valence-corrected chi connectivity index (χ2v) is 2.29. The molecule has 11 heavy (non-hydrogen) atoms. The minimum atomic E-state index is -0.437. The number of non-ortho nitro benzene ring substituents is 1. The molecule has 0 aliphatic carbocycles. The van der Waals surface area contributed by atoms with Gasteiger partial charge in [0.25, 0.3) is 5.69 Å². The molecule has 0 unspecified atom stereocenters. The molecule has 0 aliphatic rings. The Labute approximate surface area is 112 Å². The molecule has 3 nitrogen and oxygen atoms in total. The van der Waals surface area contributed by atoms with Gasteiger partial charge in [0.15, 0.2) is 0 Å². The van der Waals surface area contributed by atoms with Crippen molar-refractivity contribution >= 4 is 69.7 Å². The van der Waals surface area contributed by atoms with Crippen LogP contribution in [-0.2, 0) is 0 Å². The maximum atomic E-state index is 10.1. The fourth-order valence-corrected chi connectivity index (χ4v) is 0.723. The van der Waals surface area contributed by atoms with Crippen LogP contribution in [0.3, 0.4) is 0 Å². The molecule has 54 valence electrons. The zero-order valence-corrected chi connectivity index (χ0v) is 5.91. The van der Waals surface area contributed by atoms with Crippen molar-refractivity contribution in [3.63, 3.8) is 0 Å². The molecule has 0 radical (unpaired) electrons. The SMILES string of the molecule is O=[N+]([O-])c1ccc(S)cc1.[KH]. The van der Waals surface area contributed by atoms with Gasteiger partial charge in [-0.3, -0.25) is 10.1 Å². The van der Waals surface area contributed by atoms with E-state index in [9.17, 15) is 10.1 Å². The summed E-state index contributed by atoms with van der Waals surface area (Å²) in [6.07, 6.45) is 0. The summed E-state index contributed by atoms with van der Waals surface area (Å²) in [4.78, 5) is 10.4. The summed E-state index contributed by atoms with van der Waals surface area (Å²) in [5, 5.41) is 10.1. The summed E-state index contributed by atoms with van der Waals surface area (Å²) in [5.41, 5.74) is 0.0952. The van der Waals surface area contributed by atoms with Gasteiger partial charge in [0, 0.05) is 17.0 Å². The van der Waals surface area contributed by atoms with E-state index in [1.54, 1.807) is 12.1 Å². The van der Waals surface area contributed by atoms with Gasteiger partial charge in [-0.25, -0.2) is 0 Å². The topological polar surface area (TPSA) is 43.1 Å². The van der Waals surface area contributed by atoms with Crippen LogP contribution >= 0.6 is 12.6 Å². The zero-order chi connectivity index (χ0) is 7.56. The summed E-state index contributed by atoms with van der Waals surface area (Å²) in [5.74, 6) is 0. The first-order valence-corrected chi connectivity index (χ1v) is 3.08. The molecule has 0 heterocycles. The minimum absolute atomic E-state index is 0. The molecule has 0 aliphatic heterocycles. The molecule has 0 amide bonds. The summed E-state index contributed by atoms with van der Waals surface area (Å²) in [6.45, 7) is 0. The molecule has 1 aromatic rings. The van der Waals surface area contributed by atoms with Crippen molar-refractivity contribution in [3.05, 3.63) is 34.4 Å². The van der Waals surface area contributed by atoms with Crippen LogP contribution in [0.5, 0.6) is 0 Å². The Kier molecular flexibility index (Phi) is 5.58. The summed E-state index contributed by atoms with van der Waals surface area (Å²) >= 11 is 3.98. The standard InChI is InChI=1S/C6H5NO2S.K.H/c8-7(9)5-1-3-6(10)4-2-5;;/h1-4,10H;;.